The van der Waals surface area contributed by atoms with Gasteiger partial charge in [-0.3, -0.25) is 0 Å². The minimum absolute atomic E-state index is 0.714. The Morgan fingerprint density at radius 2 is 2.17 bits per heavy atom. The molecular formula is C12H18. The van der Waals surface area contributed by atoms with E-state index in [1.54, 1.807) is 0 Å². The zero-order chi connectivity index (χ0) is 9.14. The molecular weight excluding hydrogens is 144 g/mol. The quantitative estimate of drug-likeness (QED) is 0.541. The molecule has 12 heavy (non-hydrogen) atoms. The van der Waals surface area contributed by atoms with Crippen LogP contribution in [0.15, 0.2) is 35.5 Å². The molecule has 1 aliphatic rings. The maximum Gasteiger partial charge on any atom is -0.0131 e. The third-order valence-corrected chi connectivity index (χ3v) is 2.77. The Morgan fingerprint density at radius 1 is 1.50 bits per heavy atom. The van der Waals surface area contributed by atoms with Crippen LogP contribution in [0.3, 0.4) is 0 Å². The standard InChI is InChI=1S/C12H18/c1-5-6-12-8-10(3)9(2)7-11(12)4/h5,7,12H,1,6,8H2,2-4H3/t12-/m0/s1. The van der Waals surface area contributed by atoms with E-state index >= 15 is 0 Å². The Hall–Kier alpha value is -0.780. The Balaban J connectivity index is 2.77. The van der Waals surface area contributed by atoms with Gasteiger partial charge in [-0.2, -0.15) is 0 Å². The summed E-state index contributed by atoms with van der Waals surface area (Å²) in [4.78, 5) is 0. The highest BCUT2D eigenvalue weighted by molar-refractivity contribution is 5.32. The Morgan fingerprint density at radius 3 is 2.75 bits per heavy atom. The molecule has 1 aliphatic carbocycles. The van der Waals surface area contributed by atoms with E-state index in [1.165, 1.54) is 23.1 Å². The highest BCUT2D eigenvalue weighted by Gasteiger charge is 2.14. The van der Waals surface area contributed by atoms with Crippen molar-refractivity contribution in [1.82, 2.24) is 0 Å². The molecule has 0 saturated carbocycles. The van der Waals surface area contributed by atoms with Gasteiger partial charge in [0, 0.05) is 0 Å². The van der Waals surface area contributed by atoms with Crippen LogP contribution < -0.4 is 0 Å². The fraction of sp³-hybridized carbons (Fsp3) is 0.500. The fourth-order valence-corrected chi connectivity index (χ4v) is 1.74. The molecule has 0 amide bonds. The van der Waals surface area contributed by atoms with Crippen molar-refractivity contribution in [1.29, 1.82) is 0 Å². The van der Waals surface area contributed by atoms with Crippen molar-refractivity contribution >= 4 is 0 Å². The van der Waals surface area contributed by atoms with E-state index in [9.17, 15) is 0 Å². The van der Waals surface area contributed by atoms with Gasteiger partial charge in [-0.25, -0.2) is 0 Å². The second-order valence-electron chi connectivity index (χ2n) is 3.78. The molecule has 0 aromatic carbocycles. The lowest BCUT2D eigenvalue weighted by Crippen LogP contribution is -2.07. The molecule has 0 bridgehead atoms. The first kappa shape index (κ1) is 9.31. The summed E-state index contributed by atoms with van der Waals surface area (Å²) in [6, 6.07) is 0. The van der Waals surface area contributed by atoms with E-state index in [-0.39, 0.29) is 0 Å². The molecule has 0 heteroatoms. The predicted octanol–water partition coefficient (Wildman–Crippen LogP) is 3.87. The number of hydrogen-bond acceptors (Lipinski definition) is 0. The normalized spacial score (nSPS) is 23.9. The maximum atomic E-state index is 3.79. The van der Waals surface area contributed by atoms with Crippen LogP contribution in [0.5, 0.6) is 0 Å². The SMILES string of the molecule is C=CC[C@H]1CC(C)=C(C)C=C1C. The molecule has 0 aromatic heterocycles. The second-order valence-corrected chi connectivity index (χ2v) is 3.78. The van der Waals surface area contributed by atoms with E-state index < -0.39 is 0 Å². The highest BCUT2D eigenvalue weighted by atomic mass is 14.2. The summed E-state index contributed by atoms with van der Waals surface area (Å²) in [5, 5.41) is 0. The van der Waals surface area contributed by atoms with Crippen LogP contribution in [0.2, 0.25) is 0 Å². The average Bonchev–Trinajstić information content (AvgIpc) is 2.01. The molecule has 0 fully saturated rings. The third-order valence-electron chi connectivity index (χ3n) is 2.77. The smallest absolute Gasteiger partial charge is 0.0131 e. The van der Waals surface area contributed by atoms with Gasteiger partial charge in [-0.1, -0.05) is 28.9 Å². The molecule has 66 valence electrons. The van der Waals surface area contributed by atoms with Crippen LogP contribution in [0, 0.1) is 5.92 Å². The van der Waals surface area contributed by atoms with E-state index in [4.69, 9.17) is 0 Å². The summed E-state index contributed by atoms with van der Waals surface area (Å²) in [5.41, 5.74) is 4.50. The van der Waals surface area contributed by atoms with Gasteiger partial charge >= 0.3 is 0 Å². The highest BCUT2D eigenvalue weighted by Crippen LogP contribution is 2.30. The summed E-state index contributed by atoms with van der Waals surface area (Å²) in [7, 11) is 0. The van der Waals surface area contributed by atoms with Crippen LogP contribution in [-0.2, 0) is 0 Å². The van der Waals surface area contributed by atoms with Crippen LogP contribution in [0.4, 0.5) is 0 Å². The van der Waals surface area contributed by atoms with Crippen molar-refractivity contribution in [3.05, 3.63) is 35.5 Å². The fourth-order valence-electron chi connectivity index (χ4n) is 1.74. The van der Waals surface area contributed by atoms with Crippen molar-refractivity contribution in [2.45, 2.75) is 33.6 Å². The van der Waals surface area contributed by atoms with Gasteiger partial charge in [0.15, 0.2) is 0 Å². The third kappa shape index (κ3) is 1.88. The predicted molar refractivity (Wildman–Crippen MR) is 55.1 cm³/mol. The monoisotopic (exact) mass is 162 g/mol. The minimum atomic E-state index is 0.714. The second kappa shape index (κ2) is 3.75. The van der Waals surface area contributed by atoms with Crippen LogP contribution >= 0.6 is 0 Å². The van der Waals surface area contributed by atoms with E-state index in [2.05, 4.69) is 33.4 Å². The van der Waals surface area contributed by atoms with Crippen molar-refractivity contribution in [2.24, 2.45) is 5.92 Å². The summed E-state index contributed by atoms with van der Waals surface area (Å²) < 4.78 is 0. The molecule has 1 rings (SSSR count). The molecule has 0 aliphatic heterocycles. The van der Waals surface area contributed by atoms with Gasteiger partial charge in [0.2, 0.25) is 0 Å². The zero-order valence-electron chi connectivity index (χ0n) is 8.35. The van der Waals surface area contributed by atoms with Crippen molar-refractivity contribution in [3.63, 3.8) is 0 Å². The van der Waals surface area contributed by atoms with E-state index in [0.29, 0.717) is 5.92 Å². The lowest BCUT2D eigenvalue weighted by molar-refractivity contribution is 0.602. The number of allylic oxidation sites excluding steroid dienone is 5. The molecule has 0 spiro atoms. The first-order valence-corrected chi connectivity index (χ1v) is 4.60. The van der Waals surface area contributed by atoms with Crippen molar-refractivity contribution < 1.29 is 0 Å². The minimum Gasteiger partial charge on any atom is -0.103 e. The van der Waals surface area contributed by atoms with Crippen molar-refractivity contribution in [2.75, 3.05) is 0 Å². The molecule has 0 aromatic rings. The zero-order valence-corrected chi connectivity index (χ0v) is 8.35. The largest absolute Gasteiger partial charge is 0.103 e. The molecule has 0 saturated heterocycles. The Labute approximate surface area is 75.7 Å². The van der Waals surface area contributed by atoms with Gasteiger partial charge in [-0.05, 0) is 39.5 Å². The van der Waals surface area contributed by atoms with Gasteiger partial charge in [-0.15, -0.1) is 6.58 Å². The van der Waals surface area contributed by atoms with Gasteiger partial charge in [0.05, 0.1) is 0 Å². The Bertz CT molecular complexity index is 241. The molecule has 0 nitrogen and oxygen atoms in total. The Kier molecular flexibility index (Phi) is 2.91. The first-order chi connectivity index (χ1) is 5.65. The molecule has 0 unspecified atom stereocenters. The number of hydrogen-bond donors (Lipinski definition) is 0. The topological polar surface area (TPSA) is 0 Å². The van der Waals surface area contributed by atoms with Crippen LogP contribution in [-0.4, -0.2) is 0 Å². The number of rotatable bonds is 2. The molecule has 0 radical (unpaired) electrons. The lowest BCUT2D eigenvalue weighted by Gasteiger charge is -2.22. The van der Waals surface area contributed by atoms with Gasteiger partial charge in [0.25, 0.3) is 0 Å². The maximum absolute atomic E-state index is 3.79. The summed E-state index contributed by atoms with van der Waals surface area (Å²) in [6.07, 6.45) is 6.68. The van der Waals surface area contributed by atoms with E-state index in [0.717, 1.165) is 6.42 Å². The molecule has 0 heterocycles. The average molecular weight is 162 g/mol. The van der Waals surface area contributed by atoms with E-state index in [1.807, 2.05) is 6.08 Å². The summed E-state index contributed by atoms with van der Waals surface area (Å²) >= 11 is 0. The van der Waals surface area contributed by atoms with Gasteiger partial charge < -0.3 is 0 Å². The molecule has 1 atom stereocenters. The summed E-state index contributed by atoms with van der Waals surface area (Å²) in [6.45, 7) is 10.4. The lowest BCUT2D eigenvalue weighted by atomic mass is 9.83. The first-order valence-electron chi connectivity index (χ1n) is 4.60. The summed E-state index contributed by atoms with van der Waals surface area (Å²) in [5.74, 6) is 0.714. The molecule has 0 N–H and O–H groups in total. The van der Waals surface area contributed by atoms with Gasteiger partial charge in [0.1, 0.15) is 0 Å². The van der Waals surface area contributed by atoms with Crippen LogP contribution in [0.1, 0.15) is 33.6 Å². The van der Waals surface area contributed by atoms with Crippen molar-refractivity contribution in [3.8, 4) is 0 Å². The van der Waals surface area contributed by atoms with Crippen LogP contribution in [0.25, 0.3) is 0 Å².